The van der Waals surface area contributed by atoms with Gasteiger partial charge in [-0.05, 0) is 56.8 Å². The molecule has 0 aliphatic heterocycles. The smallest absolute Gasteiger partial charge is 0.309 e. The lowest BCUT2D eigenvalue weighted by molar-refractivity contribution is -0.161. The molecule has 0 aromatic heterocycles. The predicted octanol–water partition coefficient (Wildman–Crippen LogP) is 5.83. The van der Waals surface area contributed by atoms with Gasteiger partial charge in [0.15, 0.2) is 0 Å². The van der Waals surface area contributed by atoms with Gasteiger partial charge in [-0.3, -0.25) is 4.79 Å². The summed E-state index contributed by atoms with van der Waals surface area (Å²) in [5.74, 6) is 1.16. The average Bonchev–Trinajstić information content (AvgIpc) is 2.57. The van der Waals surface area contributed by atoms with Gasteiger partial charge in [-0.2, -0.15) is 0 Å². The lowest BCUT2D eigenvalue weighted by Gasteiger charge is -2.33. The minimum Gasteiger partial charge on any atom is -0.459 e. The Labute approximate surface area is 141 Å². The lowest BCUT2D eigenvalue weighted by atomic mass is 9.79. The van der Waals surface area contributed by atoms with Crippen molar-refractivity contribution in [1.82, 2.24) is 0 Å². The van der Waals surface area contributed by atoms with Crippen LogP contribution in [-0.2, 0) is 9.53 Å². The molecule has 2 aliphatic carbocycles. The van der Waals surface area contributed by atoms with Crippen LogP contribution in [0.25, 0.3) is 0 Å². The zero-order chi connectivity index (χ0) is 16.7. The number of esters is 1. The predicted molar refractivity (Wildman–Crippen MR) is 92.0 cm³/mol. The topological polar surface area (TPSA) is 26.3 Å². The number of halogens is 1. The first kappa shape index (κ1) is 18.7. The summed E-state index contributed by atoms with van der Waals surface area (Å²) in [5.41, 5.74) is 0. The van der Waals surface area contributed by atoms with E-state index in [2.05, 4.69) is 13.8 Å². The maximum Gasteiger partial charge on any atom is 0.309 e. The van der Waals surface area contributed by atoms with Crippen molar-refractivity contribution in [3.63, 3.8) is 0 Å². The van der Waals surface area contributed by atoms with Crippen molar-refractivity contribution in [1.29, 1.82) is 0 Å². The molecular weight excluding hydrogens is 291 g/mol. The van der Waals surface area contributed by atoms with E-state index >= 15 is 0 Å². The largest absolute Gasteiger partial charge is 0.459 e. The van der Waals surface area contributed by atoms with Crippen LogP contribution < -0.4 is 0 Å². The zero-order valence-electron chi connectivity index (χ0n) is 15.1. The van der Waals surface area contributed by atoms with E-state index < -0.39 is 12.3 Å². The van der Waals surface area contributed by atoms with Gasteiger partial charge in [-0.25, -0.2) is 4.39 Å². The van der Waals surface area contributed by atoms with Crippen LogP contribution in [-0.4, -0.2) is 18.2 Å². The van der Waals surface area contributed by atoms with Crippen LogP contribution in [0.1, 0.15) is 90.9 Å². The highest BCUT2D eigenvalue weighted by Gasteiger charge is 2.35. The first-order valence-electron chi connectivity index (χ1n) is 9.98. The number of rotatable bonds is 7. The van der Waals surface area contributed by atoms with Crippen molar-refractivity contribution < 1.29 is 13.9 Å². The molecule has 0 aromatic rings. The molecular formula is C20H35FO2. The number of ether oxygens (including phenoxy) is 1. The average molecular weight is 326 g/mol. The highest BCUT2D eigenvalue weighted by atomic mass is 19.1. The normalized spacial score (nSPS) is 35.0. The molecule has 3 atom stereocenters. The molecule has 2 rings (SSSR count). The van der Waals surface area contributed by atoms with Gasteiger partial charge < -0.3 is 4.74 Å². The second-order valence-corrected chi connectivity index (χ2v) is 7.79. The molecule has 2 aliphatic rings. The fourth-order valence-corrected chi connectivity index (χ4v) is 4.29. The Morgan fingerprint density at radius 1 is 1.00 bits per heavy atom. The molecule has 0 saturated heterocycles. The molecule has 0 spiro atoms. The molecule has 3 heteroatoms. The number of hydrogen-bond donors (Lipinski definition) is 0. The van der Waals surface area contributed by atoms with Crippen molar-refractivity contribution in [3.05, 3.63) is 0 Å². The van der Waals surface area contributed by atoms with Gasteiger partial charge in [0, 0.05) is 0 Å². The van der Waals surface area contributed by atoms with E-state index in [0.717, 1.165) is 44.4 Å². The van der Waals surface area contributed by atoms with Crippen LogP contribution in [0.5, 0.6) is 0 Å². The summed E-state index contributed by atoms with van der Waals surface area (Å²) < 4.78 is 19.7. The van der Waals surface area contributed by atoms with Crippen LogP contribution in [0.3, 0.4) is 0 Å². The molecule has 2 fully saturated rings. The molecule has 0 amide bonds. The van der Waals surface area contributed by atoms with Gasteiger partial charge in [0.1, 0.15) is 12.3 Å². The van der Waals surface area contributed by atoms with Crippen LogP contribution >= 0.6 is 0 Å². The Bertz CT molecular complexity index is 350. The molecule has 3 unspecified atom stereocenters. The summed E-state index contributed by atoms with van der Waals surface area (Å²) in [6.07, 6.45) is 11.3. The quantitative estimate of drug-likeness (QED) is 0.434. The summed E-state index contributed by atoms with van der Waals surface area (Å²) in [7, 11) is 0. The van der Waals surface area contributed by atoms with Crippen LogP contribution in [0, 0.1) is 17.8 Å². The van der Waals surface area contributed by atoms with E-state index in [9.17, 15) is 9.18 Å². The number of carbonyl (C=O) groups is 1. The number of alkyl halides is 1. The number of hydrogen-bond acceptors (Lipinski definition) is 2. The van der Waals surface area contributed by atoms with Gasteiger partial charge in [-0.15, -0.1) is 0 Å². The summed E-state index contributed by atoms with van der Waals surface area (Å²) in [4.78, 5) is 12.3. The van der Waals surface area contributed by atoms with Gasteiger partial charge in [0.25, 0.3) is 0 Å². The standard InChI is InChI=1S/C20H35FO2/c1-3-5-6-7-16-8-11-17(12-9-16)20(22)23-19-13-10-15(4-2)14-18(19)21/h15-19H,3-14H2,1-2H3. The monoisotopic (exact) mass is 326 g/mol. The van der Waals surface area contributed by atoms with Crippen molar-refractivity contribution in [2.45, 2.75) is 103 Å². The van der Waals surface area contributed by atoms with E-state index in [-0.39, 0.29) is 11.9 Å². The van der Waals surface area contributed by atoms with Crippen LogP contribution in [0.15, 0.2) is 0 Å². The van der Waals surface area contributed by atoms with E-state index in [0.29, 0.717) is 18.8 Å². The number of unbranched alkanes of at least 4 members (excludes halogenated alkanes) is 2. The minimum atomic E-state index is -0.956. The molecule has 2 nitrogen and oxygen atoms in total. The molecule has 0 heterocycles. The third-order valence-corrected chi connectivity index (χ3v) is 6.06. The zero-order valence-corrected chi connectivity index (χ0v) is 15.1. The Balaban J connectivity index is 1.69. The van der Waals surface area contributed by atoms with Crippen LogP contribution in [0.4, 0.5) is 4.39 Å². The summed E-state index contributed by atoms with van der Waals surface area (Å²) in [6.45, 7) is 4.35. The van der Waals surface area contributed by atoms with Crippen molar-refractivity contribution in [2.75, 3.05) is 0 Å². The first-order chi connectivity index (χ1) is 11.1. The third-order valence-electron chi connectivity index (χ3n) is 6.06. The van der Waals surface area contributed by atoms with Crippen LogP contribution in [0.2, 0.25) is 0 Å². The van der Waals surface area contributed by atoms with E-state index in [1.165, 1.54) is 25.7 Å². The van der Waals surface area contributed by atoms with E-state index in [1.54, 1.807) is 0 Å². The fourth-order valence-electron chi connectivity index (χ4n) is 4.29. The van der Waals surface area contributed by atoms with Gasteiger partial charge in [0.05, 0.1) is 5.92 Å². The summed E-state index contributed by atoms with van der Waals surface area (Å²) in [6, 6.07) is 0. The second kappa shape index (κ2) is 9.64. The van der Waals surface area contributed by atoms with Crippen molar-refractivity contribution in [3.8, 4) is 0 Å². The van der Waals surface area contributed by atoms with E-state index in [1.807, 2.05) is 0 Å². The minimum absolute atomic E-state index is 0.0218. The summed E-state index contributed by atoms with van der Waals surface area (Å²) in [5, 5.41) is 0. The van der Waals surface area contributed by atoms with Gasteiger partial charge in [-0.1, -0.05) is 46.0 Å². The molecule has 0 N–H and O–H groups in total. The highest BCUT2D eigenvalue weighted by Crippen LogP contribution is 2.35. The number of carbonyl (C=O) groups excluding carboxylic acids is 1. The van der Waals surface area contributed by atoms with E-state index in [4.69, 9.17) is 4.74 Å². The Morgan fingerprint density at radius 2 is 1.70 bits per heavy atom. The van der Waals surface area contributed by atoms with Gasteiger partial charge in [0.2, 0.25) is 0 Å². The van der Waals surface area contributed by atoms with Crippen molar-refractivity contribution >= 4 is 5.97 Å². The molecule has 0 radical (unpaired) electrons. The maximum absolute atomic E-state index is 14.2. The second-order valence-electron chi connectivity index (χ2n) is 7.79. The fraction of sp³-hybridized carbons (Fsp3) is 0.950. The SMILES string of the molecule is CCCCCC1CCC(C(=O)OC2CCC(CC)CC2F)CC1. The van der Waals surface area contributed by atoms with Crippen molar-refractivity contribution in [2.24, 2.45) is 17.8 Å². The third kappa shape index (κ3) is 5.76. The first-order valence-corrected chi connectivity index (χ1v) is 9.98. The Hall–Kier alpha value is -0.600. The molecule has 0 aromatic carbocycles. The summed E-state index contributed by atoms with van der Waals surface area (Å²) >= 11 is 0. The molecule has 0 bridgehead atoms. The molecule has 2 saturated carbocycles. The molecule has 23 heavy (non-hydrogen) atoms. The molecule has 134 valence electrons. The van der Waals surface area contributed by atoms with Gasteiger partial charge >= 0.3 is 5.97 Å². The highest BCUT2D eigenvalue weighted by molar-refractivity contribution is 5.72. The maximum atomic E-state index is 14.2. The Morgan fingerprint density at radius 3 is 2.30 bits per heavy atom. The lowest BCUT2D eigenvalue weighted by Crippen LogP contribution is -2.37. The Kier molecular flexibility index (Phi) is 7.85.